The standard InChI is InChI=1S/C12H16Cl2N2O/c1-4-15-12(2,3)11(17)16-10-6-5-8(13)7-9(10)14/h5-7,15H,4H2,1-3H3,(H,16,17). The van der Waals surface area contributed by atoms with Crippen LogP contribution >= 0.6 is 23.2 Å². The third-order valence-corrected chi connectivity index (χ3v) is 2.91. The van der Waals surface area contributed by atoms with Crippen LogP contribution in [0.1, 0.15) is 20.8 Å². The van der Waals surface area contributed by atoms with Gasteiger partial charge in [-0.2, -0.15) is 0 Å². The fourth-order valence-corrected chi connectivity index (χ4v) is 1.85. The number of hydrogen-bond acceptors (Lipinski definition) is 2. The molecule has 0 saturated carbocycles. The third-order valence-electron chi connectivity index (χ3n) is 2.37. The Morgan fingerprint density at radius 3 is 2.53 bits per heavy atom. The average Bonchev–Trinajstić information content (AvgIpc) is 2.22. The normalized spacial score (nSPS) is 11.4. The second-order valence-corrected chi connectivity index (χ2v) is 5.08. The number of nitrogens with one attached hydrogen (secondary N) is 2. The first-order valence-electron chi connectivity index (χ1n) is 5.38. The van der Waals surface area contributed by atoms with Gasteiger partial charge in [0.2, 0.25) is 5.91 Å². The van der Waals surface area contributed by atoms with Crippen molar-refractivity contribution in [3.63, 3.8) is 0 Å². The summed E-state index contributed by atoms with van der Waals surface area (Å²) in [6.45, 7) is 6.30. The number of likely N-dealkylation sites (N-methyl/N-ethyl adjacent to an activating group) is 1. The smallest absolute Gasteiger partial charge is 0.244 e. The van der Waals surface area contributed by atoms with Gasteiger partial charge in [0.05, 0.1) is 16.2 Å². The van der Waals surface area contributed by atoms with Gasteiger partial charge in [-0.25, -0.2) is 0 Å². The van der Waals surface area contributed by atoms with Crippen molar-refractivity contribution in [3.8, 4) is 0 Å². The van der Waals surface area contributed by atoms with Gasteiger partial charge in [0.25, 0.3) is 0 Å². The Bertz CT molecular complexity index is 419. The van der Waals surface area contributed by atoms with Crippen molar-refractivity contribution in [3.05, 3.63) is 28.2 Å². The van der Waals surface area contributed by atoms with Gasteiger partial charge in [-0.15, -0.1) is 0 Å². The fourth-order valence-electron chi connectivity index (χ4n) is 1.39. The van der Waals surface area contributed by atoms with Crippen molar-refractivity contribution >= 4 is 34.8 Å². The summed E-state index contributed by atoms with van der Waals surface area (Å²) in [5, 5.41) is 6.83. The van der Waals surface area contributed by atoms with E-state index in [0.717, 1.165) is 6.54 Å². The van der Waals surface area contributed by atoms with Crippen LogP contribution < -0.4 is 10.6 Å². The molecule has 0 fully saturated rings. The second-order valence-electron chi connectivity index (χ2n) is 4.23. The quantitative estimate of drug-likeness (QED) is 0.885. The molecule has 0 saturated heterocycles. The highest BCUT2D eigenvalue weighted by Gasteiger charge is 2.26. The van der Waals surface area contributed by atoms with Gasteiger partial charge in [0.15, 0.2) is 0 Å². The van der Waals surface area contributed by atoms with Crippen molar-refractivity contribution in [2.24, 2.45) is 0 Å². The summed E-state index contributed by atoms with van der Waals surface area (Å²) in [6, 6.07) is 4.97. The van der Waals surface area contributed by atoms with E-state index in [1.54, 1.807) is 18.2 Å². The highest BCUT2D eigenvalue weighted by molar-refractivity contribution is 6.36. The molecule has 0 aliphatic carbocycles. The molecule has 0 bridgehead atoms. The van der Waals surface area contributed by atoms with Crippen molar-refractivity contribution in [2.75, 3.05) is 11.9 Å². The van der Waals surface area contributed by atoms with E-state index < -0.39 is 5.54 Å². The van der Waals surface area contributed by atoms with E-state index in [9.17, 15) is 4.79 Å². The summed E-state index contributed by atoms with van der Waals surface area (Å²) in [6.07, 6.45) is 0. The first kappa shape index (κ1) is 14.3. The molecule has 94 valence electrons. The Balaban J connectivity index is 2.81. The summed E-state index contributed by atoms with van der Waals surface area (Å²) < 4.78 is 0. The molecule has 0 aliphatic heterocycles. The van der Waals surface area contributed by atoms with Gasteiger partial charge < -0.3 is 10.6 Å². The molecule has 0 aromatic heterocycles. The summed E-state index contributed by atoms with van der Waals surface area (Å²) in [5.41, 5.74) is -0.0791. The largest absolute Gasteiger partial charge is 0.323 e. The fraction of sp³-hybridized carbons (Fsp3) is 0.417. The topological polar surface area (TPSA) is 41.1 Å². The van der Waals surface area contributed by atoms with Crippen LogP contribution in [0.3, 0.4) is 0 Å². The van der Waals surface area contributed by atoms with Crippen molar-refractivity contribution in [1.29, 1.82) is 0 Å². The van der Waals surface area contributed by atoms with Gasteiger partial charge in [0.1, 0.15) is 0 Å². The van der Waals surface area contributed by atoms with Crippen molar-refractivity contribution < 1.29 is 4.79 Å². The van der Waals surface area contributed by atoms with Crippen LogP contribution in [0.25, 0.3) is 0 Å². The van der Waals surface area contributed by atoms with Crippen LogP contribution in [0, 0.1) is 0 Å². The lowest BCUT2D eigenvalue weighted by Crippen LogP contribution is -2.49. The van der Waals surface area contributed by atoms with Gasteiger partial charge in [0, 0.05) is 5.02 Å². The monoisotopic (exact) mass is 274 g/mol. The zero-order valence-electron chi connectivity index (χ0n) is 10.1. The molecule has 1 aromatic carbocycles. The molecule has 0 aliphatic rings. The van der Waals surface area contributed by atoms with Gasteiger partial charge in [-0.1, -0.05) is 30.1 Å². The SMILES string of the molecule is CCNC(C)(C)C(=O)Nc1ccc(Cl)cc1Cl. The average molecular weight is 275 g/mol. The molecular weight excluding hydrogens is 259 g/mol. The number of benzene rings is 1. The molecular formula is C12H16Cl2N2O. The number of amides is 1. The van der Waals surface area contributed by atoms with E-state index in [1.165, 1.54) is 0 Å². The van der Waals surface area contributed by atoms with Crippen LogP contribution in [0.15, 0.2) is 18.2 Å². The van der Waals surface area contributed by atoms with E-state index >= 15 is 0 Å². The number of anilines is 1. The van der Waals surface area contributed by atoms with Crippen LogP contribution in [-0.2, 0) is 4.79 Å². The number of rotatable bonds is 4. The van der Waals surface area contributed by atoms with E-state index in [0.29, 0.717) is 15.7 Å². The number of hydrogen-bond donors (Lipinski definition) is 2. The van der Waals surface area contributed by atoms with E-state index in [2.05, 4.69) is 10.6 Å². The van der Waals surface area contributed by atoms with Crippen LogP contribution in [0.5, 0.6) is 0 Å². The Hall–Kier alpha value is -0.770. The third kappa shape index (κ3) is 3.87. The van der Waals surface area contributed by atoms with Crippen LogP contribution in [-0.4, -0.2) is 18.0 Å². The lowest BCUT2D eigenvalue weighted by atomic mass is 10.0. The summed E-state index contributed by atoms with van der Waals surface area (Å²) in [4.78, 5) is 12.0. The zero-order valence-corrected chi connectivity index (χ0v) is 11.6. The molecule has 1 rings (SSSR count). The predicted molar refractivity (Wildman–Crippen MR) is 72.8 cm³/mol. The van der Waals surface area contributed by atoms with E-state index in [1.807, 2.05) is 20.8 Å². The molecule has 5 heteroatoms. The maximum absolute atomic E-state index is 12.0. The molecule has 17 heavy (non-hydrogen) atoms. The summed E-state index contributed by atoms with van der Waals surface area (Å²) in [7, 11) is 0. The molecule has 0 unspecified atom stereocenters. The van der Waals surface area contributed by atoms with Crippen molar-refractivity contribution in [1.82, 2.24) is 5.32 Å². The molecule has 0 atom stereocenters. The highest BCUT2D eigenvalue weighted by atomic mass is 35.5. The Morgan fingerprint density at radius 1 is 1.35 bits per heavy atom. The lowest BCUT2D eigenvalue weighted by Gasteiger charge is -2.24. The first-order valence-corrected chi connectivity index (χ1v) is 6.14. The van der Waals surface area contributed by atoms with E-state index in [-0.39, 0.29) is 5.91 Å². The maximum Gasteiger partial charge on any atom is 0.244 e. The van der Waals surface area contributed by atoms with Crippen LogP contribution in [0.2, 0.25) is 10.0 Å². The molecule has 3 nitrogen and oxygen atoms in total. The van der Waals surface area contributed by atoms with Crippen molar-refractivity contribution in [2.45, 2.75) is 26.3 Å². The molecule has 0 radical (unpaired) electrons. The molecule has 0 spiro atoms. The zero-order chi connectivity index (χ0) is 13.1. The lowest BCUT2D eigenvalue weighted by molar-refractivity contribution is -0.121. The molecule has 2 N–H and O–H groups in total. The minimum absolute atomic E-state index is 0.136. The predicted octanol–water partition coefficient (Wildman–Crippen LogP) is 3.32. The van der Waals surface area contributed by atoms with Crippen LogP contribution in [0.4, 0.5) is 5.69 Å². The first-order chi connectivity index (χ1) is 7.86. The minimum Gasteiger partial charge on any atom is -0.323 e. The van der Waals surface area contributed by atoms with E-state index in [4.69, 9.17) is 23.2 Å². The Morgan fingerprint density at radius 2 is 2.00 bits per heavy atom. The number of carbonyl (C=O) groups is 1. The highest BCUT2D eigenvalue weighted by Crippen LogP contribution is 2.26. The Labute approximate surface area is 111 Å². The minimum atomic E-state index is -0.641. The van der Waals surface area contributed by atoms with Gasteiger partial charge in [-0.3, -0.25) is 4.79 Å². The molecule has 1 aromatic rings. The molecule has 0 heterocycles. The number of carbonyl (C=O) groups excluding carboxylic acids is 1. The Kier molecular flexibility index (Phi) is 4.80. The summed E-state index contributed by atoms with van der Waals surface area (Å²) in [5.74, 6) is -0.136. The number of halogens is 2. The van der Waals surface area contributed by atoms with Gasteiger partial charge >= 0.3 is 0 Å². The molecule has 1 amide bonds. The van der Waals surface area contributed by atoms with Gasteiger partial charge in [-0.05, 0) is 38.6 Å². The maximum atomic E-state index is 12.0. The summed E-state index contributed by atoms with van der Waals surface area (Å²) >= 11 is 11.8. The second kappa shape index (κ2) is 5.71.